The van der Waals surface area contributed by atoms with Gasteiger partial charge in [0.25, 0.3) is 5.56 Å². The molecule has 6 heterocycles. The fourth-order valence-corrected chi connectivity index (χ4v) is 10.6. The highest BCUT2D eigenvalue weighted by molar-refractivity contribution is 7.99. The molecule has 4 aliphatic rings. The Morgan fingerprint density at radius 1 is 0.911 bits per heavy atom. The molecule has 3 aromatic carbocycles. The highest BCUT2D eigenvalue weighted by Crippen LogP contribution is 2.48. The van der Waals surface area contributed by atoms with E-state index >= 15 is 0 Å². The monoisotopic (exact) mass is 796 g/mol. The third-order valence-corrected chi connectivity index (χ3v) is 14.3. The quantitative estimate of drug-likeness (QED) is 0.154. The Kier molecular flexibility index (Phi) is 12.1. The number of piperidine rings is 2. The molecule has 0 radical (unpaired) electrons. The zero-order valence-electron chi connectivity index (χ0n) is 32.8. The van der Waals surface area contributed by atoms with Crippen LogP contribution in [0, 0.1) is 12.7 Å². The number of rotatable bonds is 8. The first-order valence-corrected chi connectivity index (χ1v) is 22.7. The molecular weight excluding hydrogens is 744 g/mol. The second kappa shape index (κ2) is 17.3. The number of hydrogen-bond acceptors (Lipinski definition) is 9. The van der Waals surface area contributed by atoms with E-state index in [1.54, 1.807) is 12.3 Å². The maximum absolute atomic E-state index is 13.4. The van der Waals surface area contributed by atoms with Gasteiger partial charge in [0.05, 0.1) is 17.1 Å². The lowest BCUT2D eigenvalue weighted by molar-refractivity contribution is 0.178. The Balaban J connectivity index is 0.000000159. The summed E-state index contributed by atoms with van der Waals surface area (Å²) < 4.78 is 32.6. The topological polar surface area (TPSA) is 87.7 Å². The number of anilines is 2. The Hall–Kier alpha value is -3.84. The summed E-state index contributed by atoms with van der Waals surface area (Å²) >= 11 is 1.82. The smallest absolute Gasteiger partial charge is 0.256 e. The maximum Gasteiger partial charge on any atom is 0.256 e. The third kappa shape index (κ3) is 8.40. The van der Waals surface area contributed by atoms with Crippen molar-refractivity contribution in [3.63, 3.8) is 0 Å². The van der Waals surface area contributed by atoms with Crippen LogP contribution in [0.5, 0.6) is 0 Å². The first-order chi connectivity index (χ1) is 27.2. The average molecular weight is 797 g/mol. The van der Waals surface area contributed by atoms with Gasteiger partial charge in [0, 0.05) is 92.5 Å². The second-order valence-corrected chi connectivity index (χ2v) is 18.3. The van der Waals surface area contributed by atoms with E-state index in [1.807, 2.05) is 29.3 Å². The van der Waals surface area contributed by atoms with E-state index in [0.717, 1.165) is 111 Å². The van der Waals surface area contributed by atoms with Crippen LogP contribution in [0.3, 0.4) is 0 Å². The van der Waals surface area contributed by atoms with Gasteiger partial charge >= 0.3 is 0 Å². The molecule has 5 aromatic rings. The Bertz CT molecular complexity index is 2270. The van der Waals surface area contributed by atoms with Crippen LogP contribution in [-0.4, -0.2) is 80.8 Å². The van der Waals surface area contributed by atoms with Gasteiger partial charge in [-0.1, -0.05) is 35.5 Å². The van der Waals surface area contributed by atoms with Crippen molar-refractivity contribution in [3.8, 4) is 0 Å². The molecule has 4 aliphatic heterocycles. The number of fused-ring (bicyclic) bond motifs is 4. The number of halogens is 1. The van der Waals surface area contributed by atoms with Crippen molar-refractivity contribution in [1.29, 1.82) is 0 Å². The van der Waals surface area contributed by atoms with Gasteiger partial charge in [0.1, 0.15) is 11.6 Å². The molecule has 56 heavy (non-hydrogen) atoms. The number of aryl methyl sites for hydroxylation is 2. The highest BCUT2D eigenvalue weighted by atomic mass is 32.2. The molecule has 0 N–H and O–H groups in total. The van der Waals surface area contributed by atoms with Crippen LogP contribution < -0.4 is 10.5 Å². The summed E-state index contributed by atoms with van der Waals surface area (Å²) in [6.07, 6.45) is 12.7. The molecular formula is C44H53FN6O3S2. The normalized spacial score (nSPS) is 19.5. The molecule has 9 rings (SSSR count). The van der Waals surface area contributed by atoms with Crippen LogP contribution >= 0.6 is 11.8 Å². The molecule has 12 heteroatoms. The Labute approximate surface area is 336 Å². The van der Waals surface area contributed by atoms with Crippen molar-refractivity contribution >= 4 is 44.9 Å². The summed E-state index contributed by atoms with van der Waals surface area (Å²) in [6, 6.07) is 20.2. The number of nitrogens with zero attached hydrogens (tertiary/aromatic N) is 6. The third-order valence-electron chi connectivity index (χ3n) is 12.2. The average Bonchev–Trinajstić information content (AvgIpc) is 3.63. The minimum atomic E-state index is -0.958. The summed E-state index contributed by atoms with van der Waals surface area (Å²) in [5.74, 6) is 0.974. The van der Waals surface area contributed by atoms with Crippen molar-refractivity contribution in [2.45, 2.75) is 104 Å². The van der Waals surface area contributed by atoms with E-state index in [0.29, 0.717) is 17.5 Å². The van der Waals surface area contributed by atoms with Gasteiger partial charge in [-0.05, 0) is 127 Å². The number of benzene rings is 3. The van der Waals surface area contributed by atoms with Gasteiger partial charge in [0.2, 0.25) is 0 Å². The zero-order chi connectivity index (χ0) is 38.8. The molecule has 2 aromatic heterocycles. The lowest BCUT2D eigenvalue weighted by Gasteiger charge is -2.37. The van der Waals surface area contributed by atoms with Gasteiger partial charge < -0.3 is 19.2 Å². The van der Waals surface area contributed by atoms with Crippen molar-refractivity contribution in [2.75, 3.05) is 50.9 Å². The van der Waals surface area contributed by atoms with Crippen LogP contribution in [0.4, 0.5) is 15.8 Å². The van der Waals surface area contributed by atoms with Gasteiger partial charge in [-0.3, -0.25) is 13.6 Å². The van der Waals surface area contributed by atoms with Gasteiger partial charge in [0.15, 0.2) is 5.58 Å². The standard InChI is InChI=1S/C23H27FN4O2.C21H26N2OS2/c1-15-18(23(29)28-10-3-2-4-21(28)25-15)9-13-27-11-7-16(8-12-27)22-19-6-5-17(24)14-20(19)30-26-22;1-22-13-6-5-7-16(22)12-14-23-18-8-3-4-9-20(18)25-21-11-10-17(26(2)24)15-19(21)23/h5-6,14,16H,2-4,7-13H2,1H3;3-4,8-11,15-16H,5-7,12-14H2,1-2H3. The summed E-state index contributed by atoms with van der Waals surface area (Å²) in [4.78, 5) is 28.5. The lowest BCUT2D eigenvalue weighted by Crippen LogP contribution is -2.38. The van der Waals surface area contributed by atoms with Crippen molar-refractivity contribution in [3.05, 3.63) is 99.6 Å². The SMILES string of the molecule is CN1CCCCC1CCN1c2ccccc2Sc2ccc(S(C)=O)cc21.Cc1nc2n(c(=O)c1CCN1CCC(c3noc4cc(F)ccc34)CC1)CCCC2. The Morgan fingerprint density at radius 2 is 1.71 bits per heavy atom. The van der Waals surface area contributed by atoms with E-state index in [2.05, 4.69) is 63.3 Å². The molecule has 296 valence electrons. The van der Waals surface area contributed by atoms with Crippen LogP contribution in [0.1, 0.15) is 80.1 Å². The van der Waals surface area contributed by atoms with Gasteiger partial charge in [-0.15, -0.1) is 0 Å². The number of aromatic nitrogens is 3. The van der Waals surface area contributed by atoms with Crippen LogP contribution in [0.15, 0.2) is 84.7 Å². The Morgan fingerprint density at radius 3 is 2.54 bits per heavy atom. The molecule has 0 saturated carbocycles. The van der Waals surface area contributed by atoms with E-state index in [-0.39, 0.29) is 11.4 Å². The van der Waals surface area contributed by atoms with Crippen LogP contribution in [0.25, 0.3) is 11.0 Å². The number of likely N-dealkylation sites (tertiary alicyclic amines) is 2. The van der Waals surface area contributed by atoms with Crippen molar-refractivity contribution in [1.82, 2.24) is 24.5 Å². The number of para-hydroxylation sites is 1. The van der Waals surface area contributed by atoms with E-state index in [9.17, 15) is 13.4 Å². The molecule has 0 spiro atoms. The molecule has 9 nitrogen and oxygen atoms in total. The minimum absolute atomic E-state index is 0.161. The largest absolute Gasteiger partial charge is 0.356 e. The number of hydrogen-bond donors (Lipinski definition) is 0. The highest BCUT2D eigenvalue weighted by Gasteiger charge is 2.28. The van der Waals surface area contributed by atoms with Gasteiger partial charge in [-0.25, -0.2) is 9.37 Å². The van der Waals surface area contributed by atoms with Crippen molar-refractivity contribution < 1.29 is 13.1 Å². The van der Waals surface area contributed by atoms with Crippen LogP contribution in [-0.2, 0) is 30.2 Å². The molecule has 0 aliphatic carbocycles. The molecule has 2 unspecified atom stereocenters. The zero-order valence-corrected chi connectivity index (χ0v) is 34.5. The first-order valence-electron chi connectivity index (χ1n) is 20.3. The summed E-state index contributed by atoms with van der Waals surface area (Å²) in [6.45, 7) is 7.77. The van der Waals surface area contributed by atoms with Crippen molar-refractivity contribution in [2.24, 2.45) is 0 Å². The second-order valence-electron chi connectivity index (χ2n) is 15.8. The first kappa shape index (κ1) is 39.0. The van der Waals surface area contributed by atoms with Crippen LogP contribution in [0.2, 0.25) is 0 Å². The maximum atomic E-state index is 13.4. The molecule has 2 atom stereocenters. The molecule has 0 bridgehead atoms. The predicted molar refractivity (Wildman–Crippen MR) is 223 cm³/mol. The predicted octanol–water partition coefficient (Wildman–Crippen LogP) is 8.49. The summed E-state index contributed by atoms with van der Waals surface area (Å²) in [7, 11) is 1.30. The van der Waals surface area contributed by atoms with E-state index < -0.39 is 10.8 Å². The molecule has 2 fully saturated rings. The summed E-state index contributed by atoms with van der Waals surface area (Å²) in [5, 5.41) is 5.15. The van der Waals surface area contributed by atoms with E-state index in [4.69, 9.17) is 9.51 Å². The van der Waals surface area contributed by atoms with Gasteiger partial charge in [-0.2, -0.15) is 0 Å². The van der Waals surface area contributed by atoms with E-state index in [1.165, 1.54) is 59.1 Å². The molecule has 0 amide bonds. The lowest BCUT2D eigenvalue weighted by atomic mass is 9.91. The molecule has 2 saturated heterocycles. The summed E-state index contributed by atoms with van der Waals surface area (Å²) in [5.41, 5.74) is 5.87. The fourth-order valence-electron chi connectivity index (χ4n) is 8.96. The minimum Gasteiger partial charge on any atom is -0.356 e. The fraction of sp³-hybridized carbons (Fsp3) is 0.477.